The third-order valence-electron chi connectivity index (χ3n) is 7.77. The molecule has 3 heterocycles. The van der Waals surface area contributed by atoms with Crippen molar-refractivity contribution in [3.63, 3.8) is 0 Å². The van der Waals surface area contributed by atoms with Crippen molar-refractivity contribution < 1.29 is 17.1 Å². The molecule has 1 aromatic rings. The van der Waals surface area contributed by atoms with Gasteiger partial charge >= 0.3 is 6.09 Å². The molecule has 2 N–H and O–H groups in total. The minimum Gasteiger partial charge on any atom is -0.444 e. The average molecular weight is 418 g/mol. The largest absolute Gasteiger partial charge is 0.444 e. The van der Waals surface area contributed by atoms with Gasteiger partial charge in [0, 0.05) is 39.0 Å². The molecule has 1 aliphatic carbocycles. The lowest BCUT2D eigenvalue weighted by Gasteiger charge is -2.43. The van der Waals surface area contributed by atoms with E-state index in [2.05, 4.69) is 39.8 Å². The van der Waals surface area contributed by atoms with E-state index in [4.69, 9.17) is 9.47 Å². The summed E-state index contributed by atoms with van der Waals surface area (Å²) in [4.78, 5) is 15.0. The monoisotopic (exact) mass is 417 g/mol. The number of nitrogens with zero attached hydrogens (tertiary/aromatic N) is 1. The second-order valence-corrected chi connectivity index (χ2v) is 9.62. The van der Waals surface area contributed by atoms with Crippen LogP contribution >= 0.6 is 0 Å². The number of hydrogen-bond donors (Lipinski definition) is 2. The molecule has 5 rings (SSSR count). The highest BCUT2D eigenvalue weighted by Gasteiger charge is 2.42. The van der Waals surface area contributed by atoms with Gasteiger partial charge in [-0.15, -0.1) is 0 Å². The minimum atomic E-state index is -0.262. The number of piperidine rings is 1. The first-order chi connectivity index (χ1) is 14.7. The molecular weight excluding hydrogens is 378 g/mol. The number of anilines is 1. The molecule has 168 valence electrons. The van der Waals surface area contributed by atoms with Crippen molar-refractivity contribution in [2.24, 2.45) is 0 Å². The quantitative estimate of drug-likeness (QED) is 0.724. The Morgan fingerprint density at radius 3 is 2.87 bits per heavy atom. The Labute approximate surface area is 182 Å². The Morgan fingerprint density at radius 2 is 2.03 bits per heavy atom. The number of rotatable bonds is 3. The van der Waals surface area contributed by atoms with Gasteiger partial charge in [0.15, 0.2) is 0 Å². The van der Waals surface area contributed by atoms with Gasteiger partial charge in [-0.3, -0.25) is 0 Å². The predicted octanol–water partition coefficient (Wildman–Crippen LogP) is 4.15. The van der Waals surface area contributed by atoms with Gasteiger partial charge < -0.3 is 25.0 Å². The first-order valence-corrected chi connectivity index (χ1v) is 11.8. The van der Waals surface area contributed by atoms with Crippen molar-refractivity contribution >= 4 is 11.8 Å². The van der Waals surface area contributed by atoms with Crippen LogP contribution in [0.25, 0.3) is 0 Å². The van der Waals surface area contributed by atoms with Crippen LogP contribution < -0.4 is 10.6 Å². The summed E-state index contributed by atoms with van der Waals surface area (Å²) in [6, 6.07) is 9.63. The summed E-state index contributed by atoms with van der Waals surface area (Å²) < 4.78 is 10.8. The molecule has 1 amide bonds. The smallest absolute Gasteiger partial charge is 0.407 e. The molecule has 30 heavy (non-hydrogen) atoms. The van der Waals surface area contributed by atoms with E-state index in [9.17, 15) is 4.79 Å². The molecule has 4 aliphatic rings. The van der Waals surface area contributed by atoms with Crippen molar-refractivity contribution in [1.29, 1.82) is 0 Å². The Morgan fingerprint density at radius 1 is 1.20 bits per heavy atom. The molecule has 1 spiro atoms. The number of fused-ring (bicyclic) bond motifs is 2. The lowest BCUT2D eigenvalue weighted by atomic mass is 9.74. The van der Waals surface area contributed by atoms with E-state index >= 15 is 0 Å². The average Bonchev–Trinajstić information content (AvgIpc) is 3.32. The normalized spacial score (nSPS) is 31.0. The van der Waals surface area contributed by atoms with Gasteiger partial charge in [0.1, 0.15) is 6.10 Å². The summed E-state index contributed by atoms with van der Waals surface area (Å²) in [5.74, 6) is 0. The molecule has 2 saturated heterocycles. The van der Waals surface area contributed by atoms with Crippen LogP contribution in [-0.2, 0) is 14.9 Å². The van der Waals surface area contributed by atoms with Crippen molar-refractivity contribution in [2.75, 3.05) is 38.2 Å². The van der Waals surface area contributed by atoms with Gasteiger partial charge in [-0.05, 0) is 56.8 Å². The van der Waals surface area contributed by atoms with E-state index in [0.717, 1.165) is 38.9 Å². The molecule has 3 fully saturated rings. The van der Waals surface area contributed by atoms with Crippen LogP contribution in [0.15, 0.2) is 24.3 Å². The first-order valence-electron chi connectivity index (χ1n) is 11.8. The summed E-state index contributed by atoms with van der Waals surface area (Å²) in [6.07, 6.45) is 8.68. The molecule has 1 aromatic carbocycles. The maximum absolute atomic E-state index is 12.3. The third kappa shape index (κ3) is 4.17. The van der Waals surface area contributed by atoms with E-state index in [1.165, 1.54) is 43.4 Å². The van der Waals surface area contributed by atoms with Crippen molar-refractivity contribution in [1.82, 2.24) is 10.2 Å². The summed E-state index contributed by atoms with van der Waals surface area (Å²) >= 11 is 0. The van der Waals surface area contributed by atoms with Crippen LogP contribution in [0.4, 0.5) is 10.5 Å². The molecule has 2 unspecified atom stereocenters. The Kier molecular flexibility index (Phi) is 5.87. The van der Waals surface area contributed by atoms with E-state index < -0.39 is 0 Å². The van der Waals surface area contributed by atoms with Gasteiger partial charge in [0.2, 0.25) is 0 Å². The van der Waals surface area contributed by atoms with E-state index in [0.29, 0.717) is 24.7 Å². The number of carbonyl (C=O) groups is 1. The highest BCUT2D eigenvalue weighted by Crippen LogP contribution is 2.44. The number of nitrogens with one attached hydrogen (secondary N) is 2. The lowest BCUT2D eigenvalue weighted by molar-refractivity contribution is 0.0769. The summed E-state index contributed by atoms with van der Waals surface area (Å²) in [6.45, 7) is 4.61. The van der Waals surface area contributed by atoms with Gasteiger partial charge in [-0.1, -0.05) is 31.0 Å². The van der Waals surface area contributed by atoms with Crippen LogP contribution in [0.2, 0.25) is 0 Å². The molecule has 6 heteroatoms. The molecule has 6 nitrogen and oxygen atoms in total. The van der Waals surface area contributed by atoms with E-state index in [1.54, 1.807) is 0 Å². The van der Waals surface area contributed by atoms with E-state index in [-0.39, 0.29) is 21.1 Å². The summed E-state index contributed by atoms with van der Waals surface area (Å²) in [5.41, 5.74) is 3.15. The van der Waals surface area contributed by atoms with Crippen LogP contribution in [0.5, 0.6) is 0 Å². The zero-order valence-corrected chi connectivity index (χ0v) is 17.9. The fourth-order valence-electron chi connectivity index (χ4n) is 5.98. The number of amides is 1. The maximum Gasteiger partial charge on any atom is 0.407 e. The fourth-order valence-corrected chi connectivity index (χ4v) is 5.98. The second kappa shape index (κ2) is 8.75. The van der Waals surface area contributed by atoms with Crippen molar-refractivity contribution in [3.05, 3.63) is 29.8 Å². The topological polar surface area (TPSA) is 62.8 Å². The zero-order valence-electron chi connectivity index (χ0n) is 17.9. The maximum atomic E-state index is 12.3. The Balaban J connectivity index is 0.00000144. The van der Waals surface area contributed by atoms with Crippen LogP contribution in [0.3, 0.4) is 0 Å². The molecule has 0 radical (unpaired) electrons. The van der Waals surface area contributed by atoms with Gasteiger partial charge in [-0.25, -0.2) is 4.79 Å². The zero-order chi connectivity index (χ0) is 20.4. The highest BCUT2D eigenvalue weighted by atomic mass is 16.6. The number of para-hydroxylation sites is 1. The van der Waals surface area contributed by atoms with Gasteiger partial charge in [0.25, 0.3) is 0 Å². The van der Waals surface area contributed by atoms with Crippen molar-refractivity contribution in [3.8, 4) is 0 Å². The number of benzene rings is 1. The van der Waals surface area contributed by atoms with E-state index in [1.807, 2.05) is 0 Å². The third-order valence-corrected chi connectivity index (χ3v) is 7.77. The number of hydrogen-bond acceptors (Lipinski definition) is 5. The number of likely N-dealkylation sites (tertiary alicyclic amines) is 1. The van der Waals surface area contributed by atoms with Crippen LogP contribution in [0, 0.1) is 0 Å². The van der Waals surface area contributed by atoms with Crippen LogP contribution in [0.1, 0.15) is 59.8 Å². The summed E-state index contributed by atoms with van der Waals surface area (Å²) in [7, 11) is 0. The summed E-state index contributed by atoms with van der Waals surface area (Å²) in [5, 5.41) is 6.80. The molecule has 0 aromatic heterocycles. The van der Waals surface area contributed by atoms with Gasteiger partial charge in [-0.2, -0.15) is 0 Å². The minimum absolute atomic E-state index is 0. The first kappa shape index (κ1) is 20.1. The molecule has 0 bridgehead atoms. The second-order valence-electron chi connectivity index (χ2n) is 9.62. The van der Waals surface area contributed by atoms with Crippen molar-refractivity contribution in [2.45, 2.75) is 75.0 Å². The molecule has 1 saturated carbocycles. The SMILES string of the molecule is O=C(NC1CCCCC(N2CCC3(CC2)CNc2ccccc23)C1)O[C@@H]1CCOC1.[HH].[HH]. The number of alkyl carbamates (subject to hydrolysis) is 1. The molecular formula is C24H39N3O3. The fraction of sp³-hybridized carbons (Fsp3) is 0.708. The number of carbonyl (C=O) groups excluding carboxylic acids is 1. The molecule has 3 atom stereocenters. The predicted molar refractivity (Wildman–Crippen MR) is 121 cm³/mol. The lowest BCUT2D eigenvalue weighted by Crippen LogP contribution is -2.49. The standard InChI is InChI=1S/C24H35N3O3.2H2/c28-23(30-20-9-14-29-16-20)26-18-5-1-2-6-19(15-18)27-12-10-24(11-13-27)17-25-22-8-4-3-7-21(22)24;;/h3-4,7-8,18-20,25H,1-2,5-6,9-17H2,(H,26,28);2*1H/t18?,19?,20-;;/m1../s1. The Hall–Kier alpha value is -1.79. The highest BCUT2D eigenvalue weighted by molar-refractivity contribution is 5.67. The number of ether oxygens (including phenoxy) is 2. The van der Waals surface area contributed by atoms with Crippen LogP contribution in [-0.4, -0.2) is 62.0 Å². The Bertz CT molecular complexity index is 752. The van der Waals surface area contributed by atoms with Gasteiger partial charge in [0.05, 0.1) is 13.2 Å². The molecule has 3 aliphatic heterocycles.